The number of anilines is 1. The van der Waals surface area contributed by atoms with Gasteiger partial charge in [-0.25, -0.2) is 13.1 Å². The number of sulfonamides is 1. The van der Waals surface area contributed by atoms with Gasteiger partial charge in [-0.05, 0) is 18.9 Å². The maximum atomic E-state index is 11.7. The number of nitrogen functional groups attached to an aromatic ring is 1. The van der Waals surface area contributed by atoms with Crippen LogP contribution in [0.4, 0.5) is 5.69 Å². The van der Waals surface area contributed by atoms with Gasteiger partial charge < -0.3 is 5.73 Å². The maximum absolute atomic E-state index is 11.7. The number of nitrogens with one attached hydrogen (secondary N) is 1. The van der Waals surface area contributed by atoms with Crippen LogP contribution in [0.5, 0.6) is 0 Å². The van der Waals surface area contributed by atoms with Crippen molar-refractivity contribution < 1.29 is 8.42 Å². The summed E-state index contributed by atoms with van der Waals surface area (Å²) in [5, 5.41) is 1.63. The first-order chi connectivity index (χ1) is 6.58. The Morgan fingerprint density at radius 1 is 1.50 bits per heavy atom. The van der Waals surface area contributed by atoms with Crippen molar-refractivity contribution >= 4 is 27.0 Å². The SMILES string of the molecule is Nc1csc(S(=O)(=O)NC2CCC2)c1. The molecule has 1 fully saturated rings. The largest absolute Gasteiger partial charge is 0.398 e. The molecule has 14 heavy (non-hydrogen) atoms. The van der Waals surface area contributed by atoms with Gasteiger partial charge in [0.2, 0.25) is 10.0 Å². The first-order valence-electron chi connectivity index (χ1n) is 4.44. The fourth-order valence-corrected chi connectivity index (χ4v) is 3.68. The second-order valence-electron chi connectivity index (χ2n) is 3.45. The van der Waals surface area contributed by atoms with Gasteiger partial charge in [-0.15, -0.1) is 11.3 Å². The van der Waals surface area contributed by atoms with Crippen LogP contribution in [0.25, 0.3) is 0 Å². The molecule has 0 atom stereocenters. The number of rotatable bonds is 3. The van der Waals surface area contributed by atoms with Crippen LogP contribution in [0.3, 0.4) is 0 Å². The number of thiophene rings is 1. The molecule has 2 rings (SSSR count). The number of nitrogens with two attached hydrogens (primary N) is 1. The van der Waals surface area contributed by atoms with E-state index in [9.17, 15) is 8.42 Å². The van der Waals surface area contributed by atoms with Crippen LogP contribution in [0, 0.1) is 0 Å². The van der Waals surface area contributed by atoms with Crippen LogP contribution in [0.1, 0.15) is 19.3 Å². The van der Waals surface area contributed by atoms with Crippen molar-refractivity contribution in [1.29, 1.82) is 0 Å². The first kappa shape index (κ1) is 9.95. The number of hydrogen-bond donors (Lipinski definition) is 2. The predicted molar refractivity (Wildman–Crippen MR) is 56.7 cm³/mol. The highest BCUT2D eigenvalue weighted by Crippen LogP contribution is 2.25. The van der Waals surface area contributed by atoms with Crippen LogP contribution in [-0.2, 0) is 10.0 Å². The van der Waals surface area contributed by atoms with E-state index in [4.69, 9.17) is 5.73 Å². The molecule has 0 aliphatic heterocycles. The summed E-state index contributed by atoms with van der Waals surface area (Å²) in [6.07, 6.45) is 3.00. The molecule has 78 valence electrons. The van der Waals surface area contributed by atoms with E-state index in [1.807, 2.05) is 0 Å². The van der Waals surface area contributed by atoms with Gasteiger partial charge in [-0.1, -0.05) is 6.42 Å². The van der Waals surface area contributed by atoms with Crippen molar-refractivity contribution in [2.45, 2.75) is 29.5 Å². The highest BCUT2D eigenvalue weighted by atomic mass is 32.2. The van der Waals surface area contributed by atoms with Crippen LogP contribution < -0.4 is 10.5 Å². The van der Waals surface area contributed by atoms with E-state index in [2.05, 4.69) is 4.72 Å². The molecular formula is C8H12N2O2S2. The molecule has 0 radical (unpaired) electrons. The summed E-state index contributed by atoms with van der Waals surface area (Å²) in [4.78, 5) is 0. The molecule has 1 aliphatic carbocycles. The Kier molecular flexibility index (Phi) is 2.50. The third-order valence-electron chi connectivity index (χ3n) is 2.29. The van der Waals surface area contributed by atoms with E-state index in [-0.39, 0.29) is 6.04 Å². The zero-order valence-electron chi connectivity index (χ0n) is 7.56. The van der Waals surface area contributed by atoms with Gasteiger partial charge in [0, 0.05) is 17.1 Å². The molecule has 1 aliphatic rings. The van der Waals surface area contributed by atoms with E-state index in [0.717, 1.165) is 30.6 Å². The van der Waals surface area contributed by atoms with Crippen LogP contribution in [0.15, 0.2) is 15.7 Å². The Morgan fingerprint density at radius 2 is 2.21 bits per heavy atom. The maximum Gasteiger partial charge on any atom is 0.250 e. The zero-order valence-corrected chi connectivity index (χ0v) is 9.20. The average Bonchev–Trinajstić information content (AvgIpc) is 2.45. The van der Waals surface area contributed by atoms with Crippen LogP contribution in [0.2, 0.25) is 0 Å². The topological polar surface area (TPSA) is 72.2 Å². The Bertz CT molecular complexity index is 420. The Hall–Kier alpha value is -0.590. The van der Waals surface area contributed by atoms with Gasteiger partial charge in [0.05, 0.1) is 0 Å². The van der Waals surface area contributed by atoms with Crippen molar-refractivity contribution in [2.24, 2.45) is 0 Å². The fraction of sp³-hybridized carbons (Fsp3) is 0.500. The molecule has 1 saturated carbocycles. The molecule has 0 bridgehead atoms. The Morgan fingerprint density at radius 3 is 2.64 bits per heavy atom. The standard InChI is InChI=1S/C8H12N2O2S2/c9-6-4-8(13-5-6)14(11,12)10-7-2-1-3-7/h4-5,7,10H,1-3,9H2. The average molecular weight is 232 g/mol. The summed E-state index contributed by atoms with van der Waals surface area (Å²) in [5.41, 5.74) is 5.97. The lowest BCUT2D eigenvalue weighted by atomic mass is 9.94. The van der Waals surface area contributed by atoms with Crippen molar-refractivity contribution in [1.82, 2.24) is 4.72 Å². The molecule has 6 heteroatoms. The fourth-order valence-electron chi connectivity index (χ4n) is 1.27. The second-order valence-corrected chi connectivity index (χ2v) is 6.30. The summed E-state index contributed by atoms with van der Waals surface area (Å²) in [6, 6.07) is 1.62. The molecule has 1 aromatic heterocycles. The van der Waals surface area contributed by atoms with Gasteiger partial charge >= 0.3 is 0 Å². The normalized spacial score (nSPS) is 18.0. The van der Waals surface area contributed by atoms with Crippen LogP contribution >= 0.6 is 11.3 Å². The van der Waals surface area contributed by atoms with E-state index < -0.39 is 10.0 Å². The summed E-state index contributed by atoms with van der Waals surface area (Å²) in [6.45, 7) is 0. The van der Waals surface area contributed by atoms with Crippen molar-refractivity contribution in [3.63, 3.8) is 0 Å². The molecule has 0 aromatic carbocycles. The smallest absolute Gasteiger partial charge is 0.250 e. The molecule has 3 N–H and O–H groups in total. The zero-order chi connectivity index (χ0) is 10.2. The lowest BCUT2D eigenvalue weighted by Gasteiger charge is -2.25. The molecular weight excluding hydrogens is 220 g/mol. The van der Waals surface area contributed by atoms with Gasteiger partial charge in [0.15, 0.2) is 0 Å². The summed E-state index contributed by atoms with van der Waals surface area (Å²) < 4.78 is 26.3. The second kappa shape index (κ2) is 3.52. The van der Waals surface area contributed by atoms with E-state index >= 15 is 0 Å². The van der Waals surface area contributed by atoms with E-state index in [0.29, 0.717) is 9.90 Å². The van der Waals surface area contributed by atoms with Gasteiger partial charge in [0.25, 0.3) is 0 Å². The highest BCUT2D eigenvalue weighted by molar-refractivity contribution is 7.91. The van der Waals surface area contributed by atoms with Crippen LogP contribution in [-0.4, -0.2) is 14.5 Å². The lowest BCUT2D eigenvalue weighted by molar-refractivity contribution is 0.384. The Labute approximate surface area is 87.2 Å². The molecule has 4 nitrogen and oxygen atoms in total. The van der Waals surface area contributed by atoms with Gasteiger partial charge in [0.1, 0.15) is 4.21 Å². The lowest BCUT2D eigenvalue weighted by Crippen LogP contribution is -2.39. The molecule has 0 saturated heterocycles. The predicted octanol–water partition coefficient (Wildman–Crippen LogP) is 1.16. The molecule has 0 unspecified atom stereocenters. The quantitative estimate of drug-likeness (QED) is 0.821. The van der Waals surface area contributed by atoms with E-state index in [1.54, 1.807) is 5.38 Å². The third kappa shape index (κ3) is 1.92. The summed E-state index contributed by atoms with van der Waals surface area (Å²) >= 11 is 1.16. The molecule has 0 spiro atoms. The van der Waals surface area contributed by atoms with Crippen molar-refractivity contribution in [3.05, 3.63) is 11.4 Å². The van der Waals surface area contributed by atoms with E-state index in [1.165, 1.54) is 6.07 Å². The summed E-state index contributed by atoms with van der Waals surface area (Å²) in [5.74, 6) is 0. The molecule has 1 heterocycles. The minimum absolute atomic E-state index is 0.128. The highest BCUT2D eigenvalue weighted by Gasteiger charge is 2.25. The summed E-state index contributed by atoms with van der Waals surface area (Å²) in [7, 11) is -3.31. The third-order valence-corrected chi connectivity index (χ3v) is 5.27. The van der Waals surface area contributed by atoms with Crippen molar-refractivity contribution in [3.8, 4) is 0 Å². The monoisotopic (exact) mass is 232 g/mol. The first-order valence-corrected chi connectivity index (χ1v) is 6.80. The van der Waals surface area contributed by atoms with Gasteiger partial charge in [-0.2, -0.15) is 0 Å². The molecule has 0 amide bonds. The Balaban J connectivity index is 2.15. The minimum Gasteiger partial charge on any atom is -0.398 e. The number of hydrogen-bond acceptors (Lipinski definition) is 4. The van der Waals surface area contributed by atoms with Crippen molar-refractivity contribution in [2.75, 3.05) is 5.73 Å². The minimum atomic E-state index is -3.31. The van der Waals surface area contributed by atoms with Gasteiger partial charge in [-0.3, -0.25) is 0 Å². The molecule has 1 aromatic rings.